The summed E-state index contributed by atoms with van der Waals surface area (Å²) in [6, 6.07) is 11.0. The van der Waals surface area contributed by atoms with Crippen LogP contribution in [-0.4, -0.2) is 31.1 Å². The molecule has 1 aliphatic heterocycles. The largest absolute Gasteiger partial charge is 0.330 e. The zero-order valence-corrected chi connectivity index (χ0v) is 12.6. The lowest BCUT2D eigenvalue weighted by Gasteiger charge is -2.39. The molecule has 0 spiro atoms. The molecule has 1 aliphatic carbocycles. The van der Waals surface area contributed by atoms with Crippen molar-refractivity contribution in [1.82, 2.24) is 4.90 Å². The van der Waals surface area contributed by atoms with Gasteiger partial charge in [-0.2, -0.15) is 0 Å². The minimum Gasteiger partial charge on any atom is -0.330 e. The Morgan fingerprint density at radius 3 is 2.55 bits per heavy atom. The van der Waals surface area contributed by atoms with Gasteiger partial charge >= 0.3 is 0 Å². The first-order valence-corrected chi connectivity index (χ1v) is 8.29. The van der Waals surface area contributed by atoms with E-state index in [1.54, 1.807) is 0 Å². The first-order chi connectivity index (χ1) is 9.81. The Morgan fingerprint density at radius 2 is 1.85 bits per heavy atom. The zero-order valence-electron chi connectivity index (χ0n) is 12.6. The molecule has 2 heteroatoms. The van der Waals surface area contributed by atoms with Crippen molar-refractivity contribution in [2.45, 2.75) is 44.4 Å². The van der Waals surface area contributed by atoms with Crippen molar-refractivity contribution >= 4 is 0 Å². The summed E-state index contributed by atoms with van der Waals surface area (Å²) in [6.07, 6.45) is 8.17. The number of benzene rings is 1. The van der Waals surface area contributed by atoms with E-state index in [9.17, 15) is 0 Å². The smallest absolute Gasteiger partial charge is 0.00510 e. The fraction of sp³-hybridized carbons (Fsp3) is 0.667. The molecule has 0 amide bonds. The van der Waals surface area contributed by atoms with E-state index in [1.807, 2.05) is 0 Å². The van der Waals surface area contributed by atoms with Crippen molar-refractivity contribution in [2.24, 2.45) is 11.1 Å². The van der Waals surface area contributed by atoms with Crippen LogP contribution in [0.4, 0.5) is 0 Å². The van der Waals surface area contributed by atoms with Gasteiger partial charge in [0.1, 0.15) is 0 Å². The second kappa shape index (κ2) is 6.28. The maximum absolute atomic E-state index is 6.14. The van der Waals surface area contributed by atoms with Crippen molar-refractivity contribution in [3.8, 4) is 0 Å². The molecule has 2 aliphatic rings. The van der Waals surface area contributed by atoms with Gasteiger partial charge in [-0.3, -0.25) is 0 Å². The van der Waals surface area contributed by atoms with Crippen molar-refractivity contribution in [3.63, 3.8) is 0 Å². The van der Waals surface area contributed by atoms with Crippen LogP contribution in [0, 0.1) is 5.41 Å². The quantitative estimate of drug-likeness (QED) is 0.910. The number of rotatable bonds is 4. The van der Waals surface area contributed by atoms with Crippen LogP contribution in [0.25, 0.3) is 0 Å². The number of nitrogens with zero attached hydrogens (tertiary/aromatic N) is 1. The van der Waals surface area contributed by atoms with E-state index in [-0.39, 0.29) is 0 Å². The summed E-state index contributed by atoms with van der Waals surface area (Å²) in [5, 5.41) is 0. The summed E-state index contributed by atoms with van der Waals surface area (Å²) in [7, 11) is 0. The number of hydrogen-bond acceptors (Lipinski definition) is 2. The number of hydrogen-bond donors (Lipinski definition) is 1. The van der Waals surface area contributed by atoms with Crippen molar-refractivity contribution in [2.75, 3.05) is 26.2 Å². The SMILES string of the molecule is NCC1(CN2CCC(c3ccccc3)C2)CCCCC1. The third-order valence-corrected chi connectivity index (χ3v) is 5.45. The fourth-order valence-electron chi connectivity index (χ4n) is 4.18. The van der Waals surface area contributed by atoms with Gasteiger partial charge in [0.05, 0.1) is 0 Å². The number of likely N-dealkylation sites (tertiary alicyclic amines) is 1. The Labute approximate surface area is 123 Å². The highest BCUT2D eigenvalue weighted by Crippen LogP contribution is 2.38. The molecule has 20 heavy (non-hydrogen) atoms. The molecular formula is C18H28N2. The molecule has 1 atom stereocenters. The Kier molecular flexibility index (Phi) is 4.42. The molecule has 1 aromatic rings. The number of nitrogens with two attached hydrogens (primary N) is 1. The lowest BCUT2D eigenvalue weighted by atomic mass is 9.74. The molecule has 2 fully saturated rings. The Balaban J connectivity index is 1.60. The fourth-order valence-corrected chi connectivity index (χ4v) is 4.18. The third-order valence-electron chi connectivity index (χ3n) is 5.45. The molecule has 1 saturated carbocycles. The molecule has 0 bridgehead atoms. The van der Waals surface area contributed by atoms with Gasteiger partial charge in [0.15, 0.2) is 0 Å². The molecular weight excluding hydrogens is 244 g/mol. The van der Waals surface area contributed by atoms with E-state index in [1.165, 1.54) is 63.7 Å². The second-order valence-corrected chi connectivity index (χ2v) is 6.90. The lowest BCUT2D eigenvalue weighted by Crippen LogP contribution is -2.43. The summed E-state index contributed by atoms with van der Waals surface area (Å²) >= 11 is 0. The second-order valence-electron chi connectivity index (χ2n) is 6.90. The topological polar surface area (TPSA) is 29.3 Å². The molecule has 1 aromatic carbocycles. The van der Waals surface area contributed by atoms with E-state index in [0.717, 1.165) is 12.5 Å². The molecule has 1 heterocycles. The molecule has 1 unspecified atom stereocenters. The van der Waals surface area contributed by atoms with Crippen LogP contribution in [0.1, 0.15) is 50.0 Å². The standard InChI is InChI=1S/C18H28N2/c19-14-18(10-5-2-6-11-18)15-20-12-9-17(13-20)16-7-3-1-4-8-16/h1,3-4,7-8,17H,2,5-6,9-15,19H2. The molecule has 2 N–H and O–H groups in total. The van der Waals surface area contributed by atoms with Crippen LogP contribution in [-0.2, 0) is 0 Å². The highest BCUT2D eigenvalue weighted by Gasteiger charge is 2.35. The summed E-state index contributed by atoms with van der Waals surface area (Å²) in [5.74, 6) is 0.731. The molecule has 0 radical (unpaired) electrons. The van der Waals surface area contributed by atoms with Crippen molar-refractivity contribution in [3.05, 3.63) is 35.9 Å². The first-order valence-electron chi connectivity index (χ1n) is 8.29. The van der Waals surface area contributed by atoms with Gasteiger partial charge in [0.25, 0.3) is 0 Å². The zero-order chi connectivity index (χ0) is 13.8. The summed E-state index contributed by atoms with van der Waals surface area (Å²) in [4.78, 5) is 2.68. The minimum absolute atomic E-state index is 0.420. The van der Waals surface area contributed by atoms with Gasteiger partial charge in [0.2, 0.25) is 0 Å². The summed E-state index contributed by atoms with van der Waals surface area (Å²) < 4.78 is 0. The van der Waals surface area contributed by atoms with Crippen LogP contribution >= 0.6 is 0 Å². The molecule has 110 valence electrons. The minimum atomic E-state index is 0.420. The Morgan fingerprint density at radius 1 is 1.10 bits per heavy atom. The highest BCUT2D eigenvalue weighted by atomic mass is 15.2. The first kappa shape index (κ1) is 14.1. The van der Waals surface area contributed by atoms with Gasteiger partial charge in [-0.1, -0.05) is 49.6 Å². The van der Waals surface area contributed by atoms with E-state index < -0.39 is 0 Å². The van der Waals surface area contributed by atoms with E-state index in [4.69, 9.17) is 5.73 Å². The maximum Gasteiger partial charge on any atom is 0.00510 e. The summed E-state index contributed by atoms with van der Waals surface area (Å²) in [5.41, 5.74) is 8.07. The predicted molar refractivity (Wildman–Crippen MR) is 84.8 cm³/mol. The van der Waals surface area contributed by atoms with Gasteiger partial charge in [0, 0.05) is 13.1 Å². The van der Waals surface area contributed by atoms with Gasteiger partial charge in [-0.05, 0) is 49.2 Å². The summed E-state index contributed by atoms with van der Waals surface area (Å²) in [6.45, 7) is 4.58. The highest BCUT2D eigenvalue weighted by molar-refractivity contribution is 5.21. The normalized spacial score (nSPS) is 26.8. The average Bonchev–Trinajstić information content (AvgIpc) is 2.97. The Hall–Kier alpha value is -0.860. The van der Waals surface area contributed by atoms with E-state index in [2.05, 4.69) is 35.2 Å². The maximum atomic E-state index is 6.14. The van der Waals surface area contributed by atoms with E-state index in [0.29, 0.717) is 5.41 Å². The van der Waals surface area contributed by atoms with Crippen LogP contribution in [0.5, 0.6) is 0 Å². The van der Waals surface area contributed by atoms with Crippen LogP contribution in [0.2, 0.25) is 0 Å². The van der Waals surface area contributed by atoms with Gasteiger partial charge in [-0.15, -0.1) is 0 Å². The molecule has 0 aromatic heterocycles. The van der Waals surface area contributed by atoms with Gasteiger partial charge < -0.3 is 10.6 Å². The molecule has 1 saturated heterocycles. The molecule has 3 rings (SSSR count). The van der Waals surface area contributed by atoms with Crippen LogP contribution in [0.3, 0.4) is 0 Å². The lowest BCUT2D eigenvalue weighted by molar-refractivity contribution is 0.126. The third kappa shape index (κ3) is 3.07. The van der Waals surface area contributed by atoms with Crippen molar-refractivity contribution < 1.29 is 0 Å². The predicted octanol–water partition coefficient (Wildman–Crippen LogP) is 3.39. The van der Waals surface area contributed by atoms with E-state index >= 15 is 0 Å². The van der Waals surface area contributed by atoms with Gasteiger partial charge in [-0.25, -0.2) is 0 Å². The van der Waals surface area contributed by atoms with Crippen molar-refractivity contribution in [1.29, 1.82) is 0 Å². The molecule has 2 nitrogen and oxygen atoms in total. The van der Waals surface area contributed by atoms with Crippen LogP contribution < -0.4 is 5.73 Å². The monoisotopic (exact) mass is 272 g/mol. The Bertz CT molecular complexity index is 409. The van der Waals surface area contributed by atoms with Crippen LogP contribution in [0.15, 0.2) is 30.3 Å². The average molecular weight is 272 g/mol.